The largest absolute Gasteiger partial charge is 0.506 e. The molecule has 1 aliphatic rings. The molecule has 0 bridgehead atoms. The Kier molecular flexibility index (Phi) is 2.20. The number of phenolic OH excluding ortho intramolecular Hbond substituents is 1. The third-order valence-electron chi connectivity index (χ3n) is 2.74. The van der Waals surface area contributed by atoms with Gasteiger partial charge in [0.05, 0.1) is 10.6 Å². The number of hydrogen-bond donors (Lipinski definition) is 2. The van der Waals surface area contributed by atoms with E-state index < -0.39 is 5.60 Å². The first-order valence-electron chi connectivity index (χ1n) is 4.71. The van der Waals surface area contributed by atoms with E-state index in [1.54, 1.807) is 0 Å². The van der Waals surface area contributed by atoms with Crippen LogP contribution in [0.3, 0.4) is 0 Å². The van der Waals surface area contributed by atoms with Gasteiger partial charge in [0.1, 0.15) is 5.75 Å². The van der Waals surface area contributed by atoms with Gasteiger partial charge in [-0.25, -0.2) is 0 Å². The lowest BCUT2D eigenvalue weighted by Gasteiger charge is -2.11. The second-order valence-electron chi connectivity index (χ2n) is 4.11. The summed E-state index contributed by atoms with van der Waals surface area (Å²) >= 11 is 5.90. The van der Waals surface area contributed by atoms with Crippen LogP contribution in [0.4, 0.5) is 0 Å². The van der Waals surface area contributed by atoms with Gasteiger partial charge in [-0.15, -0.1) is 0 Å². The highest BCUT2D eigenvalue weighted by Gasteiger charge is 2.40. The van der Waals surface area contributed by atoms with Crippen LogP contribution in [0, 0.1) is 6.92 Å². The second kappa shape index (κ2) is 3.14. The molecule has 76 valence electrons. The number of aromatic hydroxyl groups is 1. The van der Waals surface area contributed by atoms with Crippen molar-refractivity contribution < 1.29 is 10.2 Å². The minimum absolute atomic E-state index is 0.118. The number of aryl methyl sites for hydroxylation is 1. The third-order valence-corrected chi connectivity index (χ3v) is 3.22. The first-order chi connectivity index (χ1) is 6.52. The van der Waals surface area contributed by atoms with Gasteiger partial charge >= 0.3 is 0 Å². The van der Waals surface area contributed by atoms with Gasteiger partial charge in [-0.3, -0.25) is 0 Å². The summed E-state index contributed by atoms with van der Waals surface area (Å²) in [5, 5.41) is 19.8. The standard InChI is InChI=1S/C11H13ClO2/c1-7-2-3-8(10(13)9(7)12)6-11(14)4-5-11/h2-3,13-14H,4-6H2,1H3. The molecule has 0 atom stereocenters. The molecule has 0 amide bonds. The van der Waals surface area contributed by atoms with Crippen molar-refractivity contribution in [1.29, 1.82) is 0 Å². The zero-order valence-corrected chi connectivity index (χ0v) is 8.80. The summed E-state index contributed by atoms with van der Waals surface area (Å²) in [6.45, 7) is 1.84. The van der Waals surface area contributed by atoms with Crippen LogP contribution in [-0.2, 0) is 6.42 Å². The fourth-order valence-corrected chi connectivity index (χ4v) is 1.71. The summed E-state index contributed by atoms with van der Waals surface area (Å²) in [4.78, 5) is 0. The first kappa shape index (κ1) is 9.81. The van der Waals surface area contributed by atoms with Crippen LogP contribution in [0.2, 0.25) is 5.02 Å². The molecule has 0 aromatic heterocycles. The maximum absolute atomic E-state index is 9.73. The molecule has 3 heteroatoms. The Morgan fingerprint density at radius 3 is 2.64 bits per heavy atom. The molecular weight excluding hydrogens is 200 g/mol. The van der Waals surface area contributed by atoms with Crippen LogP contribution in [0.15, 0.2) is 12.1 Å². The van der Waals surface area contributed by atoms with Crippen molar-refractivity contribution in [2.24, 2.45) is 0 Å². The molecule has 2 N–H and O–H groups in total. The summed E-state index contributed by atoms with van der Waals surface area (Å²) in [5.41, 5.74) is 1.01. The molecular formula is C11H13ClO2. The van der Waals surface area contributed by atoms with E-state index in [2.05, 4.69) is 0 Å². The van der Waals surface area contributed by atoms with Gasteiger partial charge in [0.15, 0.2) is 0 Å². The smallest absolute Gasteiger partial charge is 0.137 e. The fourth-order valence-electron chi connectivity index (χ4n) is 1.52. The first-order valence-corrected chi connectivity index (χ1v) is 5.09. The van der Waals surface area contributed by atoms with E-state index in [9.17, 15) is 10.2 Å². The molecule has 1 aromatic rings. The van der Waals surface area contributed by atoms with E-state index in [-0.39, 0.29) is 5.75 Å². The van der Waals surface area contributed by atoms with Crippen LogP contribution in [0.5, 0.6) is 5.75 Å². The van der Waals surface area contributed by atoms with Crippen LogP contribution in [-0.4, -0.2) is 15.8 Å². The van der Waals surface area contributed by atoms with E-state index in [1.807, 2.05) is 19.1 Å². The molecule has 14 heavy (non-hydrogen) atoms. The summed E-state index contributed by atoms with van der Waals surface area (Å²) in [6.07, 6.45) is 2.13. The fraction of sp³-hybridized carbons (Fsp3) is 0.455. The monoisotopic (exact) mass is 212 g/mol. The van der Waals surface area contributed by atoms with Gasteiger partial charge in [0.25, 0.3) is 0 Å². The van der Waals surface area contributed by atoms with Crippen molar-refractivity contribution >= 4 is 11.6 Å². The third kappa shape index (κ3) is 1.72. The quantitative estimate of drug-likeness (QED) is 0.791. The van der Waals surface area contributed by atoms with Crippen molar-refractivity contribution in [3.63, 3.8) is 0 Å². The Labute approximate surface area is 88.1 Å². The van der Waals surface area contributed by atoms with Crippen molar-refractivity contribution in [3.05, 3.63) is 28.3 Å². The number of rotatable bonds is 2. The summed E-state index contributed by atoms with van der Waals surface area (Å²) in [5.74, 6) is 0.118. The van der Waals surface area contributed by atoms with Crippen LogP contribution < -0.4 is 0 Å². The van der Waals surface area contributed by atoms with E-state index in [4.69, 9.17) is 11.6 Å². The van der Waals surface area contributed by atoms with Gasteiger partial charge in [0, 0.05) is 6.42 Å². The Bertz CT molecular complexity index is 370. The Balaban J connectivity index is 2.30. The maximum atomic E-state index is 9.73. The lowest BCUT2D eigenvalue weighted by molar-refractivity contribution is 0.150. The van der Waals surface area contributed by atoms with E-state index in [0.29, 0.717) is 11.4 Å². The maximum Gasteiger partial charge on any atom is 0.137 e. The van der Waals surface area contributed by atoms with E-state index in [1.165, 1.54) is 0 Å². The SMILES string of the molecule is Cc1ccc(CC2(O)CC2)c(O)c1Cl. The van der Waals surface area contributed by atoms with Gasteiger partial charge in [-0.1, -0.05) is 23.7 Å². The minimum Gasteiger partial charge on any atom is -0.506 e. The van der Waals surface area contributed by atoms with Gasteiger partial charge < -0.3 is 10.2 Å². The molecule has 2 rings (SSSR count). The average molecular weight is 213 g/mol. The van der Waals surface area contributed by atoms with E-state index in [0.717, 1.165) is 24.0 Å². The summed E-state index contributed by atoms with van der Waals surface area (Å²) in [6, 6.07) is 3.69. The summed E-state index contributed by atoms with van der Waals surface area (Å²) < 4.78 is 0. The predicted molar refractivity (Wildman–Crippen MR) is 55.7 cm³/mol. The Morgan fingerprint density at radius 1 is 1.43 bits per heavy atom. The highest BCUT2D eigenvalue weighted by Crippen LogP contribution is 2.41. The number of hydrogen-bond acceptors (Lipinski definition) is 2. The zero-order chi connectivity index (χ0) is 10.3. The number of halogens is 1. The Morgan fingerprint density at radius 2 is 2.07 bits per heavy atom. The highest BCUT2D eigenvalue weighted by molar-refractivity contribution is 6.32. The number of phenols is 1. The molecule has 0 heterocycles. The highest BCUT2D eigenvalue weighted by atomic mass is 35.5. The molecule has 0 saturated heterocycles. The number of benzene rings is 1. The second-order valence-corrected chi connectivity index (χ2v) is 4.48. The molecule has 1 aromatic carbocycles. The predicted octanol–water partition coefficient (Wildman–Crippen LogP) is 2.42. The number of aliphatic hydroxyl groups is 1. The van der Waals surface area contributed by atoms with Gasteiger partial charge in [-0.2, -0.15) is 0 Å². The van der Waals surface area contributed by atoms with Gasteiger partial charge in [-0.05, 0) is 30.9 Å². The normalized spacial score (nSPS) is 18.2. The molecule has 1 saturated carbocycles. The molecule has 0 unspecified atom stereocenters. The Hall–Kier alpha value is -0.730. The topological polar surface area (TPSA) is 40.5 Å². The molecule has 1 aliphatic carbocycles. The van der Waals surface area contributed by atoms with Crippen LogP contribution in [0.1, 0.15) is 24.0 Å². The van der Waals surface area contributed by atoms with Gasteiger partial charge in [0.2, 0.25) is 0 Å². The molecule has 0 radical (unpaired) electrons. The molecule has 2 nitrogen and oxygen atoms in total. The summed E-state index contributed by atoms with van der Waals surface area (Å²) in [7, 11) is 0. The van der Waals surface area contributed by atoms with E-state index >= 15 is 0 Å². The minimum atomic E-state index is -0.587. The zero-order valence-electron chi connectivity index (χ0n) is 8.05. The lowest BCUT2D eigenvalue weighted by Crippen LogP contribution is -2.10. The van der Waals surface area contributed by atoms with Crippen molar-refractivity contribution in [2.75, 3.05) is 0 Å². The molecule has 1 fully saturated rings. The van der Waals surface area contributed by atoms with Crippen LogP contribution >= 0.6 is 11.6 Å². The van der Waals surface area contributed by atoms with Crippen molar-refractivity contribution in [2.45, 2.75) is 31.8 Å². The van der Waals surface area contributed by atoms with Crippen LogP contribution in [0.25, 0.3) is 0 Å². The molecule has 0 spiro atoms. The van der Waals surface area contributed by atoms with Crippen molar-refractivity contribution in [3.8, 4) is 5.75 Å². The lowest BCUT2D eigenvalue weighted by atomic mass is 10.0. The molecule has 0 aliphatic heterocycles. The van der Waals surface area contributed by atoms with Crippen molar-refractivity contribution in [1.82, 2.24) is 0 Å². The average Bonchev–Trinajstić information content (AvgIpc) is 2.86.